The highest BCUT2D eigenvalue weighted by Gasteiger charge is 2.15. The largest absolute Gasteiger partial charge is 0.294 e. The zero-order valence-corrected chi connectivity index (χ0v) is 16.7. The molecule has 0 aliphatic carbocycles. The zero-order chi connectivity index (χ0) is 20.6. The minimum atomic E-state index is 0.873. The van der Waals surface area contributed by atoms with Crippen LogP contribution in [0.15, 0.2) is 110 Å². The van der Waals surface area contributed by atoms with Crippen LogP contribution in [-0.4, -0.2) is 19.5 Å². The molecule has 2 aromatic carbocycles. The van der Waals surface area contributed by atoms with E-state index in [0.29, 0.717) is 0 Å². The lowest BCUT2D eigenvalue weighted by Crippen LogP contribution is -2.00. The molecule has 0 atom stereocenters. The van der Waals surface area contributed by atoms with Crippen LogP contribution in [0.5, 0.6) is 0 Å². The van der Waals surface area contributed by atoms with Crippen molar-refractivity contribution in [2.75, 3.05) is 0 Å². The minimum absolute atomic E-state index is 0.873. The first kappa shape index (κ1) is 17.5. The monoisotopic (exact) mass is 398 g/mol. The first-order valence-corrected chi connectivity index (χ1v) is 10.2. The quantitative estimate of drug-likeness (QED) is 0.351. The molecule has 0 bridgehead atoms. The summed E-state index contributed by atoms with van der Waals surface area (Å²) in [6.07, 6.45) is 7.31. The van der Waals surface area contributed by atoms with E-state index in [1.165, 1.54) is 10.8 Å². The molecule has 0 saturated carbocycles. The molecule has 0 radical (unpaired) electrons. The van der Waals surface area contributed by atoms with Gasteiger partial charge in [0.2, 0.25) is 0 Å². The average Bonchev–Trinajstić information content (AvgIpc) is 3.19. The summed E-state index contributed by atoms with van der Waals surface area (Å²) in [5.74, 6) is 0.873. The first-order valence-electron chi connectivity index (χ1n) is 10.2. The van der Waals surface area contributed by atoms with Crippen molar-refractivity contribution in [3.05, 3.63) is 110 Å². The molecule has 4 heteroatoms. The molecule has 0 fully saturated rings. The molecule has 6 aromatic rings. The molecule has 31 heavy (non-hydrogen) atoms. The minimum Gasteiger partial charge on any atom is -0.294 e. The van der Waals surface area contributed by atoms with Gasteiger partial charge in [-0.1, -0.05) is 42.5 Å². The molecule has 0 unspecified atom stereocenters. The Kier molecular flexibility index (Phi) is 4.06. The summed E-state index contributed by atoms with van der Waals surface area (Å²) in [4.78, 5) is 13.7. The predicted octanol–water partition coefficient (Wildman–Crippen LogP) is 6.30. The fourth-order valence-corrected chi connectivity index (χ4v) is 4.16. The molecular formula is C27H18N4. The van der Waals surface area contributed by atoms with Gasteiger partial charge in [0.15, 0.2) is 0 Å². The lowest BCUT2D eigenvalue weighted by atomic mass is 10.1. The van der Waals surface area contributed by atoms with Crippen LogP contribution in [0.3, 0.4) is 0 Å². The maximum Gasteiger partial charge on any atom is 0.138 e. The molecule has 6 rings (SSSR count). The number of fused-ring (bicyclic) bond motifs is 3. The van der Waals surface area contributed by atoms with Crippen molar-refractivity contribution >= 4 is 21.8 Å². The number of nitrogens with zero attached hydrogens (tertiary/aromatic N) is 4. The summed E-state index contributed by atoms with van der Waals surface area (Å²) in [5, 5.41) is 2.43. The van der Waals surface area contributed by atoms with Crippen molar-refractivity contribution in [2.24, 2.45) is 0 Å². The molecule has 4 aromatic heterocycles. The van der Waals surface area contributed by atoms with E-state index in [1.807, 2.05) is 30.6 Å². The third-order valence-electron chi connectivity index (χ3n) is 5.57. The van der Waals surface area contributed by atoms with Crippen LogP contribution in [0.25, 0.3) is 50.0 Å². The second-order valence-electron chi connectivity index (χ2n) is 7.45. The van der Waals surface area contributed by atoms with Crippen molar-refractivity contribution in [1.82, 2.24) is 19.5 Å². The number of pyridine rings is 3. The van der Waals surface area contributed by atoms with Crippen molar-refractivity contribution in [1.29, 1.82) is 0 Å². The van der Waals surface area contributed by atoms with Crippen molar-refractivity contribution < 1.29 is 0 Å². The second-order valence-corrected chi connectivity index (χ2v) is 7.45. The lowest BCUT2D eigenvalue weighted by Gasteiger charge is -2.12. The Bertz CT molecular complexity index is 1410. The Morgan fingerprint density at radius 3 is 1.77 bits per heavy atom. The predicted molar refractivity (Wildman–Crippen MR) is 125 cm³/mol. The van der Waals surface area contributed by atoms with E-state index in [4.69, 9.17) is 4.98 Å². The third kappa shape index (κ3) is 2.97. The molecule has 4 nitrogen and oxygen atoms in total. The van der Waals surface area contributed by atoms with Crippen molar-refractivity contribution in [2.45, 2.75) is 0 Å². The second kappa shape index (κ2) is 7.18. The Labute approximate surface area is 179 Å². The summed E-state index contributed by atoms with van der Waals surface area (Å²) in [6.45, 7) is 0. The van der Waals surface area contributed by atoms with E-state index in [9.17, 15) is 0 Å². The van der Waals surface area contributed by atoms with E-state index in [2.05, 4.69) is 81.3 Å². The topological polar surface area (TPSA) is 43.6 Å². The lowest BCUT2D eigenvalue weighted by molar-refractivity contribution is 1.08. The summed E-state index contributed by atoms with van der Waals surface area (Å²) in [6, 6.07) is 29.2. The third-order valence-corrected chi connectivity index (χ3v) is 5.57. The molecule has 0 aliphatic rings. The average molecular weight is 398 g/mol. The maximum absolute atomic E-state index is 5.07. The number of hydrogen-bond acceptors (Lipinski definition) is 3. The Morgan fingerprint density at radius 2 is 1.16 bits per heavy atom. The fraction of sp³-hybridized carbons (Fsp3) is 0. The molecule has 146 valence electrons. The van der Waals surface area contributed by atoms with Crippen molar-refractivity contribution in [3.63, 3.8) is 0 Å². The molecule has 0 N–H and O–H groups in total. The van der Waals surface area contributed by atoms with Crippen LogP contribution in [-0.2, 0) is 0 Å². The Morgan fingerprint density at radius 1 is 0.548 bits per heavy atom. The molecule has 0 aliphatic heterocycles. The van der Waals surface area contributed by atoms with Gasteiger partial charge in [-0.05, 0) is 48.0 Å². The highest BCUT2D eigenvalue weighted by Crippen LogP contribution is 2.33. The normalized spacial score (nSPS) is 11.2. The molecule has 4 heterocycles. The first-order chi connectivity index (χ1) is 15.4. The zero-order valence-electron chi connectivity index (χ0n) is 16.7. The van der Waals surface area contributed by atoms with E-state index >= 15 is 0 Å². The van der Waals surface area contributed by atoms with Gasteiger partial charge in [0.1, 0.15) is 5.82 Å². The van der Waals surface area contributed by atoms with Crippen LogP contribution >= 0.6 is 0 Å². The summed E-state index contributed by atoms with van der Waals surface area (Å²) < 4.78 is 2.24. The maximum atomic E-state index is 5.07. The summed E-state index contributed by atoms with van der Waals surface area (Å²) >= 11 is 0. The smallest absolute Gasteiger partial charge is 0.138 e. The van der Waals surface area contributed by atoms with Gasteiger partial charge >= 0.3 is 0 Å². The number of para-hydroxylation sites is 2. The van der Waals surface area contributed by atoms with Crippen LogP contribution in [0.1, 0.15) is 0 Å². The van der Waals surface area contributed by atoms with E-state index in [1.54, 1.807) is 12.4 Å². The van der Waals surface area contributed by atoms with Gasteiger partial charge in [-0.2, -0.15) is 0 Å². The number of hydrogen-bond donors (Lipinski definition) is 0. The number of rotatable bonds is 3. The van der Waals surface area contributed by atoms with E-state index in [-0.39, 0.29) is 0 Å². The van der Waals surface area contributed by atoms with E-state index < -0.39 is 0 Å². The van der Waals surface area contributed by atoms with Crippen LogP contribution < -0.4 is 0 Å². The van der Waals surface area contributed by atoms with Gasteiger partial charge in [-0.15, -0.1) is 0 Å². The molecular weight excluding hydrogens is 380 g/mol. The van der Waals surface area contributed by atoms with Gasteiger partial charge in [0.25, 0.3) is 0 Å². The van der Waals surface area contributed by atoms with Crippen LogP contribution in [0, 0.1) is 0 Å². The summed E-state index contributed by atoms with van der Waals surface area (Å²) in [7, 11) is 0. The Balaban J connectivity index is 1.69. The number of aromatic nitrogens is 4. The SMILES string of the molecule is c1cncc(-c2cc(-c3cccnc3)nc(-n3c4ccccc4c4ccccc43)c2)c1. The van der Waals surface area contributed by atoms with Gasteiger partial charge in [0, 0.05) is 46.7 Å². The van der Waals surface area contributed by atoms with Gasteiger partial charge in [-0.25, -0.2) is 4.98 Å². The van der Waals surface area contributed by atoms with Gasteiger partial charge in [-0.3, -0.25) is 14.5 Å². The standard InChI is InChI=1S/C27H18N4/c1-3-11-25-22(9-1)23-10-2-4-12-26(23)31(25)27-16-21(19-7-5-13-28-17-19)15-24(30-27)20-8-6-14-29-18-20/h1-18H. The number of benzene rings is 2. The highest BCUT2D eigenvalue weighted by molar-refractivity contribution is 6.09. The fourth-order valence-electron chi connectivity index (χ4n) is 4.16. The summed E-state index contributed by atoms with van der Waals surface area (Å²) in [5.41, 5.74) is 6.26. The highest BCUT2D eigenvalue weighted by atomic mass is 15.1. The Hall–Kier alpha value is -4.31. The van der Waals surface area contributed by atoms with Crippen LogP contribution in [0.2, 0.25) is 0 Å². The van der Waals surface area contributed by atoms with Gasteiger partial charge in [0.05, 0.1) is 16.7 Å². The molecule has 0 amide bonds. The van der Waals surface area contributed by atoms with Crippen LogP contribution in [0.4, 0.5) is 0 Å². The van der Waals surface area contributed by atoms with Crippen molar-refractivity contribution in [3.8, 4) is 28.2 Å². The molecule has 0 spiro atoms. The van der Waals surface area contributed by atoms with E-state index in [0.717, 1.165) is 39.2 Å². The van der Waals surface area contributed by atoms with Gasteiger partial charge < -0.3 is 0 Å². The molecule has 0 saturated heterocycles.